The first-order valence-electron chi connectivity index (χ1n) is 11.5. The molecule has 4 aliphatic carbocycles. The van der Waals surface area contributed by atoms with Crippen molar-refractivity contribution in [3.63, 3.8) is 0 Å². The molecule has 0 aliphatic heterocycles. The number of hydrogen-bond donors (Lipinski definition) is 4. The van der Waals surface area contributed by atoms with Gasteiger partial charge in [0, 0.05) is 29.7 Å². The van der Waals surface area contributed by atoms with Crippen LogP contribution in [0.5, 0.6) is 0 Å². The van der Waals surface area contributed by atoms with Gasteiger partial charge in [-0.3, -0.25) is 0 Å². The van der Waals surface area contributed by atoms with Gasteiger partial charge < -0.3 is 24.8 Å². The summed E-state index contributed by atoms with van der Waals surface area (Å²) in [6.07, 6.45) is 4.53. The molecule has 0 aromatic carbocycles. The molecule has 1 heterocycles. The molecule has 30 heavy (non-hydrogen) atoms. The van der Waals surface area contributed by atoms with E-state index in [0.29, 0.717) is 6.42 Å². The quantitative estimate of drug-likeness (QED) is 0.556. The summed E-state index contributed by atoms with van der Waals surface area (Å²) < 4.78 is 5.08. The van der Waals surface area contributed by atoms with Crippen LogP contribution in [-0.4, -0.2) is 44.3 Å². The molecular formula is C24H34O6. The standard InChI is InChI=1S/C24H34O6/c1-22-7-5-15(25)9-14(22)10-17(26)21-16(22)6-8-23(2)20(18(27)11-24(21,23)29)13-3-4-19(28)30-12-13/h3-4,12,14-18,20-21,25-27,29H,5-11H2,1-2H3/t14-,15-,16-,17?,18+,20-,21?,22-,23+,24-/m0/s1. The van der Waals surface area contributed by atoms with E-state index in [1.807, 2.05) is 6.92 Å². The van der Waals surface area contributed by atoms with E-state index in [-0.39, 0.29) is 41.6 Å². The van der Waals surface area contributed by atoms with E-state index in [4.69, 9.17) is 4.42 Å². The number of fused-ring (bicyclic) bond motifs is 5. The minimum atomic E-state index is -1.19. The molecule has 6 heteroatoms. The molecule has 4 aliphatic rings. The van der Waals surface area contributed by atoms with E-state index in [2.05, 4.69) is 6.92 Å². The van der Waals surface area contributed by atoms with Crippen molar-refractivity contribution in [1.82, 2.24) is 0 Å². The van der Waals surface area contributed by atoms with Crippen LogP contribution >= 0.6 is 0 Å². The first-order chi connectivity index (χ1) is 14.1. The Bertz CT molecular complexity index is 862. The van der Waals surface area contributed by atoms with Crippen molar-refractivity contribution >= 4 is 0 Å². The Labute approximate surface area is 176 Å². The van der Waals surface area contributed by atoms with Crippen molar-refractivity contribution in [2.24, 2.45) is 28.6 Å². The molecule has 1 aromatic rings. The second kappa shape index (κ2) is 6.64. The van der Waals surface area contributed by atoms with Crippen LogP contribution in [-0.2, 0) is 0 Å². The Morgan fingerprint density at radius 3 is 2.50 bits per heavy atom. The monoisotopic (exact) mass is 418 g/mol. The van der Waals surface area contributed by atoms with Crippen LogP contribution in [0.1, 0.15) is 70.3 Å². The van der Waals surface area contributed by atoms with Gasteiger partial charge in [0.2, 0.25) is 0 Å². The summed E-state index contributed by atoms with van der Waals surface area (Å²) in [7, 11) is 0. The third-order valence-corrected chi connectivity index (χ3v) is 9.92. The normalized spacial score (nSPS) is 52.9. The fourth-order valence-electron chi connectivity index (χ4n) is 8.37. The lowest BCUT2D eigenvalue weighted by Gasteiger charge is -2.64. The van der Waals surface area contributed by atoms with Crippen LogP contribution < -0.4 is 5.63 Å². The lowest BCUT2D eigenvalue weighted by atomic mass is 9.42. The molecule has 1 aromatic heterocycles. The maximum absolute atomic E-state index is 12.2. The number of aliphatic hydroxyl groups excluding tert-OH is 3. The molecule has 6 nitrogen and oxygen atoms in total. The van der Waals surface area contributed by atoms with Crippen molar-refractivity contribution < 1.29 is 24.8 Å². The van der Waals surface area contributed by atoms with Gasteiger partial charge >= 0.3 is 5.63 Å². The summed E-state index contributed by atoms with van der Waals surface area (Å²) in [5, 5.41) is 44.7. The predicted octanol–water partition coefficient (Wildman–Crippen LogP) is 2.18. The van der Waals surface area contributed by atoms with Gasteiger partial charge in [-0.25, -0.2) is 4.79 Å². The van der Waals surface area contributed by atoms with Crippen molar-refractivity contribution in [1.29, 1.82) is 0 Å². The Morgan fingerprint density at radius 2 is 1.80 bits per heavy atom. The molecule has 166 valence electrons. The highest BCUT2D eigenvalue weighted by molar-refractivity contribution is 5.30. The van der Waals surface area contributed by atoms with Gasteiger partial charge in [0.25, 0.3) is 0 Å². The number of hydrogen-bond acceptors (Lipinski definition) is 6. The smallest absolute Gasteiger partial charge is 0.335 e. The Kier molecular flexibility index (Phi) is 4.58. The van der Waals surface area contributed by atoms with Crippen LogP contribution in [0.2, 0.25) is 0 Å². The third kappa shape index (κ3) is 2.60. The van der Waals surface area contributed by atoms with Crippen molar-refractivity contribution in [2.75, 3.05) is 0 Å². The van der Waals surface area contributed by atoms with Gasteiger partial charge in [0.1, 0.15) is 0 Å². The van der Waals surface area contributed by atoms with Crippen molar-refractivity contribution in [3.8, 4) is 0 Å². The molecule has 4 fully saturated rings. The molecule has 2 unspecified atom stereocenters. The SMILES string of the molecule is C[C@]12CC[C@H](O)C[C@H]1CC(O)C1[C@@H]2CC[C@]2(C)[C@@H](c3ccc(=O)oc3)[C@H](O)C[C@]12O. The average Bonchev–Trinajstić information content (AvgIpc) is 2.89. The minimum Gasteiger partial charge on any atom is -0.431 e. The first-order valence-corrected chi connectivity index (χ1v) is 11.5. The van der Waals surface area contributed by atoms with Gasteiger partial charge in [-0.1, -0.05) is 13.8 Å². The van der Waals surface area contributed by atoms with Crippen molar-refractivity contribution in [2.45, 2.75) is 88.6 Å². The largest absolute Gasteiger partial charge is 0.431 e. The van der Waals surface area contributed by atoms with Gasteiger partial charge in [-0.2, -0.15) is 0 Å². The lowest BCUT2D eigenvalue weighted by Crippen LogP contribution is -2.66. The lowest BCUT2D eigenvalue weighted by molar-refractivity contribution is -0.238. The van der Waals surface area contributed by atoms with Gasteiger partial charge in [-0.15, -0.1) is 0 Å². The summed E-state index contributed by atoms with van der Waals surface area (Å²) in [5.41, 5.74) is -1.53. The fourth-order valence-corrected chi connectivity index (χ4v) is 8.37. The molecule has 5 rings (SSSR count). The first kappa shape index (κ1) is 20.7. The molecule has 0 radical (unpaired) electrons. The molecular weight excluding hydrogens is 384 g/mol. The van der Waals surface area contributed by atoms with Gasteiger partial charge in [0.05, 0.1) is 30.2 Å². The van der Waals surface area contributed by atoms with Gasteiger partial charge in [0.15, 0.2) is 0 Å². The van der Waals surface area contributed by atoms with E-state index >= 15 is 0 Å². The van der Waals surface area contributed by atoms with E-state index in [1.54, 1.807) is 6.07 Å². The summed E-state index contributed by atoms with van der Waals surface area (Å²) in [4.78, 5) is 11.4. The van der Waals surface area contributed by atoms with Gasteiger partial charge in [-0.05, 0) is 67.4 Å². The minimum absolute atomic E-state index is 0.0111. The van der Waals surface area contributed by atoms with Crippen LogP contribution in [0.15, 0.2) is 27.6 Å². The Hall–Kier alpha value is -1.21. The zero-order valence-corrected chi connectivity index (χ0v) is 17.8. The van der Waals surface area contributed by atoms with E-state index in [0.717, 1.165) is 37.7 Å². The molecule has 0 bridgehead atoms. The van der Waals surface area contributed by atoms with Crippen LogP contribution in [0, 0.1) is 28.6 Å². The molecule has 0 spiro atoms. The molecule has 4 saturated carbocycles. The summed E-state index contributed by atoms with van der Waals surface area (Å²) >= 11 is 0. The summed E-state index contributed by atoms with van der Waals surface area (Å²) in [6.45, 7) is 4.31. The van der Waals surface area contributed by atoms with Crippen LogP contribution in [0.25, 0.3) is 0 Å². The Balaban J connectivity index is 1.55. The van der Waals surface area contributed by atoms with Crippen LogP contribution in [0.3, 0.4) is 0 Å². The maximum Gasteiger partial charge on any atom is 0.335 e. The molecule has 4 N–H and O–H groups in total. The fraction of sp³-hybridized carbons (Fsp3) is 0.792. The van der Waals surface area contributed by atoms with Crippen LogP contribution in [0.4, 0.5) is 0 Å². The van der Waals surface area contributed by atoms with E-state index in [1.165, 1.54) is 12.3 Å². The second-order valence-electron chi connectivity index (χ2n) is 11.1. The third-order valence-electron chi connectivity index (χ3n) is 9.92. The highest BCUT2D eigenvalue weighted by Gasteiger charge is 2.71. The Morgan fingerprint density at radius 1 is 1.03 bits per heavy atom. The topological polar surface area (TPSA) is 111 Å². The highest BCUT2D eigenvalue weighted by Crippen LogP contribution is 2.70. The average molecular weight is 419 g/mol. The van der Waals surface area contributed by atoms with Crippen molar-refractivity contribution in [3.05, 3.63) is 34.4 Å². The zero-order chi connectivity index (χ0) is 21.5. The van der Waals surface area contributed by atoms with E-state index in [9.17, 15) is 25.2 Å². The number of aliphatic hydroxyl groups is 4. The summed E-state index contributed by atoms with van der Waals surface area (Å²) in [6, 6.07) is 3.06. The highest BCUT2D eigenvalue weighted by atomic mass is 16.4. The maximum atomic E-state index is 12.2. The zero-order valence-electron chi connectivity index (χ0n) is 17.8. The van der Waals surface area contributed by atoms with E-state index < -0.39 is 28.8 Å². The molecule has 10 atom stereocenters. The predicted molar refractivity (Wildman–Crippen MR) is 110 cm³/mol. The second-order valence-corrected chi connectivity index (χ2v) is 11.1. The summed E-state index contributed by atoms with van der Waals surface area (Å²) in [5.74, 6) is -0.228. The molecule has 0 saturated heterocycles. The molecule has 0 amide bonds. The number of rotatable bonds is 1.